The van der Waals surface area contributed by atoms with Gasteiger partial charge in [-0.1, -0.05) is 17.7 Å². The standard InChI is InChI=1S/C14H10ClFO2/c1-9(17)13-6-5-12(8-14(13)15)18-11-4-2-3-10(16)7-11/h2-8H,1H3. The number of ether oxygens (including phenoxy) is 1. The molecule has 0 aliphatic heterocycles. The van der Waals surface area contributed by atoms with Gasteiger partial charge in [0.05, 0.1) is 5.02 Å². The van der Waals surface area contributed by atoms with Crippen LogP contribution in [0.2, 0.25) is 5.02 Å². The highest BCUT2D eigenvalue weighted by Crippen LogP contribution is 2.27. The average Bonchev–Trinajstić information content (AvgIpc) is 2.28. The molecule has 18 heavy (non-hydrogen) atoms. The van der Waals surface area contributed by atoms with E-state index in [9.17, 15) is 9.18 Å². The van der Waals surface area contributed by atoms with Crippen LogP contribution in [0.3, 0.4) is 0 Å². The van der Waals surface area contributed by atoms with Gasteiger partial charge in [-0.15, -0.1) is 0 Å². The Morgan fingerprint density at radius 1 is 1.17 bits per heavy atom. The van der Waals surface area contributed by atoms with Gasteiger partial charge < -0.3 is 4.74 Å². The van der Waals surface area contributed by atoms with Crippen molar-refractivity contribution >= 4 is 17.4 Å². The van der Waals surface area contributed by atoms with Crippen LogP contribution >= 0.6 is 11.6 Å². The van der Waals surface area contributed by atoms with Crippen molar-refractivity contribution in [1.29, 1.82) is 0 Å². The Kier molecular flexibility index (Phi) is 3.63. The van der Waals surface area contributed by atoms with Gasteiger partial charge in [0, 0.05) is 17.7 Å². The van der Waals surface area contributed by atoms with E-state index in [4.69, 9.17) is 16.3 Å². The molecular formula is C14H10ClFO2. The number of halogens is 2. The third-order valence-corrected chi connectivity index (χ3v) is 2.66. The monoisotopic (exact) mass is 264 g/mol. The number of Topliss-reactive ketones (excluding diaryl/α,β-unsaturated/α-hetero) is 1. The summed E-state index contributed by atoms with van der Waals surface area (Å²) in [4.78, 5) is 11.2. The van der Waals surface area contributed by atoms with E-state index >= 15 is 0 Å². The topological polar surface area (TPSA) is 26.3 Å². The molecule has 0 radical (unpaired) electrons. The molecule has 0 aromatic heterocycles. The van der Waals surface area contributed by atoms with E-state index in [2.05, 4.69) is 0 Å². The van der Waals surface area contributed by atoms with Gasteiger partial charge >= 0.3 is 0 Å². The predicted molar refractivity (Wildman–Crippen MR) is 67.9 cm³/mol. The van der Waals surface area contributed by atoms with Gasteiger partial charge in [0.25, 0.3) is 0 Å². The lowest BCUT2D eigenvalue weighted by molar-refractivity contribution is 0.101. The lowest BCUT2D eigenvalue weighted by Gasteiger charge is -2.07. The Morgan fingerprint density at radius 3 is 2.50 bits per heavy atom. The van der Waals surface area contributed by atoms with Crippen LogP contribution in [0.5, 0.6) is 11.5 Å². The summed E-state index contributed by atoms with van der Waals surface area (Å²) in [6.45, 7) is 1.44. The minimum Gasteiger partial charge on any atom is -0.457 e. The molecule has 0 bridgehead atoms. The molecule has 2 aromatic rings. The summed E-state index contributed by atoms with van der Waals surface area (Å²) < 4.78 is 18.4. The number of carbonyl (C=O) groups excluding carboxylic acids is 1. The first-order chi connectivity index (χ1) is 8.56. The third-order valence-electron chi connectivity index (χ3n) is 2.35. The Morgan fingerprint density at radius 2 is 1.89 bits per heavy atom. The zero-order valence-corrected chi connectivity index (χ0v) is 10.4. The van der Waals surface area contributed by atoms with Crippen molar-refractivity contribution in [1.82, 2.24) is 0 Å². The Bertz CT molecular complexity index is 596. The third kappa shape index (κ3) is 2.87. The maximum atomic E-state index is 13.0. The normalized spacial score (nSPS) is 10.2. The van der Waals surface area contributed by atoms with Gasteiger partial charge in [0.15, 0.2) is 5.78 Å². The van der Waals surface area contributed by atoms with E-state index in [-0.39, 0.29) is 11.6 Å². The minimum absolute atomic E-state index is 0.114. The number of hydrogen-bond acceptors (Lipinski definition) is 2. The van der Waals surface area contributed by atoms with Crippen molar-refractivity contribution in [2.24, 2.45) is 0 Å². The van der Waals surface area contributed by atoms with Crippen molar-refractivity contribution in [2.45, 2.75) is 6.92 Å². The molecule has 92 valence electrons. The van der Waals surface area contributed by atoms with Crippen LogP contribution in [0, 0.1) is 5.82 Å². The fraction of sp³-hybridized carbons (Fsp3) is 0.0714. The highest BCUT2D eigenvalue weighted by molar-refractivity contribution is 6.34. The van der Waals surface area contributed by atoms with E-state index in [1.165, 1.54) is 25.1 Å². The second-order valence-electron chi connectivity index (χ2n) is 3.76. The fourth-order valence-corrected chi connectivity index (χ4v) is 1.82. The Labute approximate surface area is 109 Å². The van der Waals surface area contributed by atoms with Gasteiger partial charge in [-0.3, -0.25) is 4.79 Å². The molecule has 0 saturated carbocycles. The number of benzene rings is 2. The molecule has 2 nitrogen and oxygen atoms in total. The highest BCUT2D eigenvalue weighted by atomic mass is 35.5. The van der Waals surface area contributed by atoms with E-state index in [0.29, 0.717) is 22.1 Å². The van der Waals surface area contributed by atoms with Crippen LogP contribution in [0.1, 0.15) is 17.3 Å². The molecule has 0 aliphatic rings. The molecule has 0 N–H and O–H groups in total. The van der Waals surface area contributed by atoms with E-state index < -0.39 is 0 Å². The van der Waals surface area contributed by atoms with Gasteiger partial charge in [-0.25, -0.2) is 4.39 Å². The Hall–Kier alpha value is -1.87. The summed E-state index contributed by atoms with van der Waals surface area (Å²) >= 11 is 5.95. The highest BCUT2D eigenvalue weighted by Gasteiger charge is 2.07. The fourth-order valence-electron chi connectivity index (χ4n) is 1.51. The van der Waals surface area contributed by atoms with Gasteiger partial charge in [0.2, 0.25) is 0 Å². The van der Waals surface area contributed by atoms with Crippen LogP contribution in [0.25, 0.3) is 0 Å². The number of hydrogen-bond donors (Lipinski definition) is 0. The minimum atomic E-state index is -0.376. The molecular weight excluding hydrogens is 255 g/mol. The largest absolute Gasteiger partial charge is 0.457 e. The number of ketones is 1. The first kappa shape index (κ1) is 12.6. The van der Waals surface area contributed by atoms with E-state index in [1.54, 1.807) is 24.3 Å². The van der Waals surface area contributed by atoms with Crippen molar-refractivity contribution in [3.05, 3.63) is 58.9 Å². The average molecular weight is 265 g/mol. The SMILES string of the molecule is CC(=O)c1ccc(Oc2cccc(F)c2)cc1Cl. The van der Waals surface area contributed by atoms with Crippen molar-refractivity contribution < 1.29 is 13.9 Å². The van der Waals surface area contributed by atoms with Crippen LogP contribution in [0.15, 0.2) is 42.5 Å². The van der Waals surface area contributed by atoms with Gasteiger partial charge in [0.1, 0.15) is 17.3 Å². The maximum Gasteiger partial charge on any atom is 0.161 e. The molecule has 2 rings (SSSR count). The molecule has 0 fully saturated rings. The first-order valence-electron chi connectivity index (χ1n) is 5.30. The van der Waals surface area contributed by atoms with Crippen molar-refractivity contribution in [2.75, 3.05) is 0 Å². The molecule has 0 spiro atoms. The van der Waals surface area contributed by atoms with E-state index in [1.807, 2.05) is 0 Å². The predicted octanol–water partition coefficient (Wildman–Crippen LogP) is 4.47. The second-order valence-corrected chi connectivity index (χ2v) is 4.16. The van der Waals surface area contributed by atoms with Crippen LogP contribution in [-0.2, 0) is 0 Å². The van der Waals surface area contributed by atoms with Crippen LogP contribution < -0.4 is 4.74 Å². The summed E-state index contributed by atoms with van der Waals surface area (Å²) in [6, 6.07) is 10.5. The summed E-state index contributed by atoms with van der Waals surface area (Å²) in [5.74, 6) is 0.341. The lowest BCUT2D eigenvalue weighted by atomic mass is 10.1. The molecule has 0 atom stereocenters. The summed E-state index contributed by atoms with van der Waals surface area (Å²) in [6.07, 6.45) is 0. The molecule has 2 aromatic carbocycles. The molecule has 0 unspecified atom stereocenters. The number of carbonyl (C=O) groups is 1. The summed E-state index contributed by atoms with van der Waals surface area (Å²) in [5.41, 5.74) is 0.434. The van der Waals surface area contributed by atoms with Crippen molar-refractivity contribution in [3.63, 3.8) is 0 Å². The van der Waals surface area contributed by atoms with E-state index in [0.717, 1.165) is 0 Å². The van der Waals surface area contributed by atoms with Gasteiger partial charge in [-0.2, -0.15) is 0 Å². The Balaban J connectivity index is 2.25. The second kappa shape index (κ2) is 5.19. The van der Waals surface area contributed by atoms with Crippen LogP contribution in [-0.4, -0.2) is 5.78 Å². The molecule has 0 saturated heterocycles. The summed E-state index contributed by atoms with van der Waals surface area (Å²) in [7, 11) is 0. The lowest BCUT2D eigenvalue weighted by Crippen LogP contribution is -1.93. The zero-order valence-electron chi connectivity index (χ0n) is 9.61. The molecule has 0 heterocycles. The maximum absolute atomic E-state index is 13.0. The number of rotatable bonds is 3. The smallest absolute Gasteiger partial charge is 0.161 e. The van der Waals surface area contributed by atoms with Crippen molar-refractivity contribution in [3.8, 4) is 11.5 Å². The first-order valence-corrected chi connectivity index (χ1v) is 5.68. The zero-order chi connectivity index (χ0) is 13.1. The molecule has 4 heteroatoms. The molecule has 0 amide bonds. The van der Waals surface area contributed by atoms with Crippen LogP contribution in [0.4, 0.5) is 4.39 Å². The quantitative estimate of drug-likeness (QED) is 0.765. The van der Waals surface area contributed by atoms with Gasteiger partial charge in [-0.05, 0) is 31.2 Å². The summed E-state index contributed by atoms with van der Waals surface area (Å²) in [5, 5.41) is 0.316. The molecule has 0 aliphatic carbocycles.